The third-order valence-corrected chi connectivity index (χ3v) is 4.62. The Morgan fingerprint density at radius 2 is 1.35 bits per heavy atom. The van der Waals surface area contributed by atoms with E-state index in [1.54, 1.807) is 18.3 Å². The molecule has 0 heterocycles. The van der Waals surface area contributed by atoms with Crippen LogP contribution in [0.15, 0.2) is 29.3 Å². The number of hydrogen-bond donors (Lipinski definition) is 2. The van der Waals surface area contributed by atoms with Gasteiger partial charge in [0, 0.05) is 17.3 Å². The molecule has 0 fully saturated rings. The van der Waals surface area contributed by atoms with E-state index < -0.39 is 0 Å². The lowest BCUT2D eigenvalue weighted by Gasteiger charge is -2.27. The molecule has 0 radical (unpaired) electrons. The molecular formula is C23H31NO2. The van der Waals surface area contributed by atoms with Crippen molar-refractivity contribution in [1.29, 1.82) is 0 Å². The van der Waals surface area contributed by atoms with Crippen LogP contribution in [-0.4, -0.2) is 16.4 Å². The molecule has 0 saturated carbocycles. The molecule has 0 unspecified atom stereocenters. The summed E-state index contributed by atoms with van der Waals surface area (Å²) < 4.78 is 0. The Balaban J connectivity index is 2.63. The van der Waals surface area contributed by atoms with Crippen molar-refractivity contribution in [2.45, 2.75) is 66.2 Å². The van der Waals surface area contributed by atoms with Crippen LogP contribution in [0, 0.1) is 13.8 Å². The number of aliphatic imine (C=N–C) groups is 1. The minimum atomic E-state index is -0.168. The van der Waals surface area contributed by atoms with Gasteiger partial charge >= 0.3 is 0 Å². The fraction of sp³-hybridized carbons (Fsp3) is 0.435. The highest BCUT2D eigenvalue weighted by molar-refractivity contribution is 5.87. The maximum atomic E-state index is 10.8. The first-order valence-corrected chi connectivity index (χ1v) is 9.03. The molecule has 3 nitrogen and oxygen atoms in total. The van der Waals surface area contributed by atoms with Crippen molar-refractivity contribution in [2.75, 3.05) is 0 Å². The summed E-state index contributed by atoms with van der Waals surface area (Å²) in [5.74, 6) is 0.523. The van der Waals surface area contributed by atoms with Crippen LogP contribution in [0.3, 0.4) is 0 Å². The van der Waals surface area contributed by atoms with Gasteiger partial charge in [-0.05, 0) is 59.6 Å². The van der Waals surface area contributed by atoms with Crippen LogP contribution >= 0.6 is 0 Å². The molecule has 0 aliphatic heterocycles. The molecule has 0 aromatic heterocycles. The van der Waals surface area contributed by atoms with Gasteiger partial charge in [0.25, 0.3) is 0 Å². The van der Waals surface area contributed by atoms with E-state index in [1.165, 1.54) is 5.56 Å². The van der Waals surface area contributed by atoms with Crippen molar-refractivity contribution in [3.63, 3.8) is 0 Å². The molecule has 0 aliphatic carbocycles. The Bertz CT molecular complexity index is 827. The topological polar surface area (TPSA) is 52.8 Å². The predicted octanol–water partition coefficient (Wildman–Crippen LogP) is 6.06. The van der Waals surface area contributed by atoms with Gasteiger partial charge in [-0.3, -0.25) is 4.99 Å². The van der Waals surface area contributed by atoms with E-state index in [4.69, 9.17) is 0 Å². The summed E-state index contributed by atoms with van der Waals surface area (Å²) in [4.78, 5) is 4.63. The predicted molar refractivity (Wildman–Crippen MR) is 110 cm³/mol. The maximum absolute atomic E-state index is 10.8. The lowest BCUT2D eigenvalue weighted by Crippen LogP contribution is -2.17. The van der Waals surface area contributed by atoms with Gasteiger partial charge in [0.2, 0.25) is 0 Å². The largest absolute Gasteiger partial charge is 0.508 e. The highest BCUT2D eigenvalue weighted by Gasteiger charge is 2.24. The number of benzene rings is 2. The van der Waals surface area contributed by atoms with Crippen LogP contribution in [0.25, 0.3) is 0 Å². The fourth-order valence-corrected chi connectivity index (χ4v) is 3.03. The second kappa shape index (κ2) is 6.79. The first-order chi connectivity index (χ1) is 11.8. The molecule has 2 aromatic rings. The second-order valence-electron chi connectivity index (χ2n) is 9.15. The molecule has 0 bridgehead atoms. The summed E-state index contributed by atoms with van der Waals surface area (Å²) in [5.41, 5.74) is 5.24. The Labute approximate surface area is 157 Å². The van der Waals surface area contributed by atoms with E-state index in [-0.39, 0.29) is 22.3 Å². The average molecular weight is 354 g/mol. The third-order valence-electron chi connectivity index (χ3n) is 4.62. The summed E-state index contributed by atoms with van der Waals surface area (Å²) in [6, 6.07) is 7.51. The Kier molecular flexibility index (Phi) is 5.23. The zero-order valence-corrected chi connectivity index (χ0v) is 17.2. The van der Waals surface area contributed by atoms with Gasteiger partial charge in [0.15, 0.2) is 0 Å². The standard InChI is InChI=1S/C23H31NO2/c1-14-9-18(25)10-15(2)20(14)24-13-16-11-17(22(3,4)5)12-19(21(16)26)23(6,7)8/h9-13,25-26H,1-8H3. The fourth-order valence-electron chi connectivity index (χ4n) is 3.03. The maximum Gasteiger partial charge on any atom is 0.128 e. The van der Waals surface area contributed by atoms with Crippen molar-refractivity contribution in [1.82, 2.24) is 0 Å². The average Bonchev–Trinajstić information content (AvgIpc) is 2.45. The van der Waals surface area contributed by atoms with Gasteiger partial charge in [-0.15, -0.1) is 0 Å². The number of phenols is 2. The number of aryl methyl sites for hydroxylation is 2. The van der Waals surface area contributed by atoms with Crippen molar-refractivity contribution in [2.24, 2.45) is 4.99 Å². The summed E-state index contributed by atoms with van der Waals surface area (Å²) in [5, 5.41) is 20.6. The van der Waals surface area contributed by atoms with Gasteiger partial charge in [0.05, 0.1) is 5.69 Å². The van der Waals surface area contributed by atoms with Gasteiger partial charge in [-0.2, -0.15) is 0 Å². The van der Waals surface area contributed by atoms with Crippen molar-refractivity contribution >= 4 is 11.9 Å². The monoisotopic (exact) mass is 353 g/mol. The molecule has 0 saturated heterocycles. The molecule has 140 valence electrons. The molecule has 0 atom stereocenters. The minimum Gasteiger partial charge on any atom is -0.508 e. The molecule has 3 heteroatoms. The van der Waals surface area contributed by atoms with Crippen molar-refractivity contribution in [3.05, 3.63) is 52.1 Å². The van der Waals surface area contributed by atoms with Crippen LogP contribution in [0.5, 0.6) is 11.5 Å². The van der Waals surface area contributed by atoms with E-state index in [9.17, 15) is 10.2 Å². The van der Waals surface area contributed by atoms with Gasteiger partial charge in [-0.25, -0.2) is 0 Å². The first kappa shape index (κ1) is 20.0. The molecule has 0 spiro atoms. The van der Waals surface area contributed by atoms with E-state index in [0.717, 1.165) is 22.4 Å². The molecule has 2 N–H and O–H groups in total. The van der Waals surface area contributed by atoms with Crippen LogP contribution in [-0.2, 0) is 10.8 Å². The molecular weight excluding hydrogens is 322 g/mol. The van der Waals surface area contributed by atoms with Crippen LogP contribution in [0.1, 0.15) is 69.4 Å². The SMILES string of the molecule is Cc1cc(O)cc(C)c1N=Cc1cc(C(C)(C)C)cc(C(C)(C)C)c1O. The number of hydrogen-bond acceptors (Lipinski definition) is 3. The zero-order valence-electron chi connectivity index (χ0n) is 17.2. The Hall–Kier alpha value is -2.29. The third kappa shape index (κ3) is 4.27. The molecule has 2 rings (SSSR count). The van der Waals surface area contributed by atoms with Crippen molar-refractivity contribution < 1.29 is 10.2 Å². The lowest BCUT2D eigenvalue weighted by molar-refractivity contribution is 0.444. The Morgan fingerprint density at radius 1 is 0.808 bits per heavy atom. The second-order valence-corrected chi connectivity index (χ2v) is 9.15. The number of nitrogens with zero attached hydrogens (tertiary/aromatic N) is 1. The summed E-state index contributed by atoms with van der Waals surface area (Å²) >= 11 is 0. The van der Waals surface area contributed by atoms with E-state index in [1.807, 2.05) is 19.9 Å². The van der Waals surface area contributed by atoms with Gasteiger partial charge in [-0.1, -0.05) is 47.6 Å². The molecule has 26 heavy (non-hydrogen) atoms. The minimum absolute atomic E-state index is 0.0271. The van der Waals surface area contributed by atoms with Gasteiger partial charge in [0.1, 0.15) is 11.5 Å². The van der Waals surface area contributed by atoms with E-state index in [0.29, 0.717) is 5.56 Å². The van der Waals surface area contributed by atoms with E-state index >= 15 is 0 Å². The van der Waals surface area contributed by atoms with Crippen LogP contribution in [0.2, 0.25) is 0 Å². The smallest absolute Gasteiger partial charge is 0.128 e. The summed E-state index contributed by atoms with van der Waals surface area (Å²) in [6.07, 6.45) is 1.73. The number of phenolic OH excluding ortho intramolecular Hbond substituents is 2. The van der Waals surface area contributed by atoms with Crippen LogP contribution < -0.4 is 0 Å². The number of rotatable bonds is 2. The zero-order chi connectivity index (χ0) is 19.9. The molecule has 2 aromatic carbocycles. The highest BCUT2D eigenvalue weighted by atomic mass is 16.3. The quantitative estimate of drug-likeness (QED) is 0.645. The summed E-state index contributed by atoms with van der Waals surface area (Å²) in [6.45, 7) is 16.6. The lowest BCUT2D eigenvalue weighted by atomic mass is 9.79. The number of aromatic hydroxyl groups is 2. The normalized spacial score (nSPS) is 12.8. The Morgan fingerprint density at radius 3 is 1.81 bits per heavy atom. The van der Waals surface area contributed by atoms with E-state index in [2.05, 4.69) is 52.6 Å². The highest BCUT2D eigenvalue weighted by Crippen LogP contribution is 2.37. The summed E-state index contributed by atoms with van der Waals surface area (Å²) in [7, 11) is 0. The first-order valence-electron chi connectivity index (χ1n) is 9.03. The molecule has 0 aliphatic rings. The molecule has 0 amide bonds. The van der Waals surface area contributed by atoms with Crippen LogP contribution in [0.4, 0.5) is 5.69 Å². The van der Waals surface area contributed by atoms with Crippen molar-refractivity contribution in [3.8, 4) is 11.5 Å². The van der Waals surface area contributed by atoms with Gasteiger partial charge < -0.3 is 10.2 Å².